The quantitative estimate of drug-likeness (QED) is 0.824. The lowest BCUT2D eigenvalue weighted by molar-refractivity contribution is -0.128. The molecule has 1 saturated carbocycles. The van der Waals surface area contributed by atoms with Crippen LogP contribution in [-0.2, 0) is 4.79 Å². The maximum Gasteiger partial charge on any atom is 0.246 e. The van der Waals surface area contributed by atoms with Crippen molar-refractivity contribution >= 4 is 27.9 Å². The molecule has 0 heterocycles. The summed E-state index contributed by atoms with van der Waals surface area (Å²) in [4.78, 5) is 14.2. The number of aliphatic hydroxyl groups excluding tert-OH is 1. The predicted octanol–water partition coefficient (Wildman–Crippen LogP) is 3.53. The summed E-state index contributed by atoms with van der Waals surface area (Å²) in [6.45, 7) is 2.47. The number of hydrogen-bond donors (Lipinski definition) is 1. The lowest BCUT2D eigenvalue weighted by Gasteiger charge is -2.27. The SMILES string of the molecule is Cc1ccc(C=CC(=O)N(CCO)C2CCCC2)c(Br)c1. The smallest absolute Gasteiger partial charge is 0.246 e. The molecule has 3 nitrogen and oxygen atoms in total. The van der Waals surface area contributed by atoms with Crippen LogP contribution in [0.5, 0.6) is 0 Å². The Labute approximate surface area is 134 Å². The summed E-state index contributed by atoms with van der Waals surface area (Å²) in [5.41, 5.74) is 2.17. The first kappa shape index (κ1) is 16.2. The fraction of sp³-hybridized carbons (Fsp3) is 0.471. The normalized spacial score (nSPS) is 15.8. The lowest BCUT2D eigenvalue weighted by atomic mass is 10.1. The van der Waals surface area contributed by atoms with E-state index in [0.29, 0.717) is 6.54 Å². The van der Waals surface area contributed by atoms with Gasteiger partial charge in [0.1, 0.15) is 0 Å². The van der Waals surface area contributed by atoms with Gasteiger partial charge in [0, 0.05) is 23.1 Å². The van der Waals surface area contributed by atoms with Crippen molar-refractivity contribution in [2.45, 2.75) is 38.6 Å². The zero-order valence-corrected chi connectivity index (χ0v) is 14.0. The van der Waals surface area contributed by atoms with Crippen LogP contribution >= 0.6 is 15.9 Å². The molecule has 2 rings (SSSR count). The summed E-state index contributed by atoms with van der Waals surface area (Å²) in [5, 5.41) is 9.18. The second-order valence-electron chi connectivity index (χ2n) is 5.55. The van der Waals surface area contributed by atoms with Gasteiger partial charge in [-0.2, -0.15) is 0 Å². The third-order valence-electron chi connectivity index (χ3n) is 3.95. The minimum Gasteiger partial charge on any atom is -0.395 e. The molecule has 0 atom stereocenters. The maximum atomic E-state index is 12.4. The molecule has 0 aromatic heterocycles. The summed E-state index contributed by atoms with van der Waals surface area (Å²) < 4.78 is 0.987. The Morgan fingerprint density at radius 3 is 2.76 bits per heavy atom. The number of rotatable bonds is 5. The van der Waals surface area contributed by atoms with Crippen molar-refractivity contribution in [1.82, 2.24) is 4.90 Å². The van der Waals surface area contributed by atoms with E-state index in [4.69, 9.17) is 0 Å². The Balaban J connectivity index is 2.08. The molecule has 0 bridgehead atoms. The van der Waals surface area contributed by atoms with Crippen LogP contribution in [0.25, 0.3) is 6.08 Å². The molecule has 1 aromatic carbocycles. The maximum absolute atomic E-state index is 12.4. The van der Waals surface area contributed by atoms with E-state index in [1.54, 1.807) is 6.08 Å². The summed E-state index contributed by atoms with van der Waals surface area (Å²) >= 11 is 3.52. The zero-order valence-electron chi connectivity index (χ0n) is 12.4. The first-order chi connectivity index (χ1) is 10.1. The van der Waals surface area contributed by atoms with Crippen molar-refractivity contribution in [2.24, 2.45) is 0 Å². The molecule has 114 valence electrons. The number of carbonyl (C=O) groups is 1. The average molecular weight is 352 g/mol. The van der Waals surface area contributed by atoms with Gasteiger partial charge in [-0.05, 0) is 43.0 Å². The fourth-order valence-electron chi connectivity index (χ4n) is 2.82. The molecule has 1 aliphatic rings. The second kappa shape index (κ2) is 7.76. The molecule has 1 fully saturated rings. The van der Waals surface area contributed by atoms with E-state index in [1.165, 1.54) is 18.4 Å². The van der Waals surface area contributed by atoms with Gasteiger partial charge < -0.3 is 10.0 Å². The van der Waals surface area contributed by atoms with Crippen LogP contribution < -0.4 is 0 Å². The highest BCUT2D eigenvalue weighted by Crippen LogP contribution is 2.24. The third-order valence-corrected chi connectivity index (χ3v) is 4.64. The predicted molar refractivity (Wildman–Crippen MR) is 89.0 cm³/mol. The number of halogens is 1. The number of amides is 1. The van der Waals surface area contributed by atoms with Gasteiger partial charge in [0.05, 0.1) is 6.61 Å². The largest absolute Gasteiger partial charge is 0.395 e. The van der Waals surface area contributed by atoms with Gasteiger partial charge >= 0.3 is 0 Å². The minimum absolute atomic E-state index is 0.0107. The monoisotopic (exact) mass is 351 g/mol. The molecule has 0 saturated heterocycles. The molecule has 1 N–H and O–H groups in total. The average Bonchev–Trinajstić information content (AvgIpc) is 2.97. The van der Waals surface area contributed by atoms with Crippen molar-refractivity contribution in [3.63, 3.8) is 0 Å². The van der Waals surface area contributed by atoms with E-state index in [9.17, 15) is 9.90 Å². The van der Waals surface area contributed by atoms with E-state index in [2.05, 4.69) is 15.9 Å². The van der Waals surface area contributed by atoms with Gasteiger partial charge in [-0.1, -0.05) is 40.9 Å². The van der Waals surface area contributed by atoms with Gasteiger partial charge in [0.15, 0.2) is 0 Å². The first-order valence-corrected chi connectivity index (χ1v) is 8.27. The van der Waals surface area contributed by atoms with Crippen molar-refractivity contribution in [3.05, 3.63) is 39.9 Å². The van der Waals surface area contributed by atoms with Crippen LogP contribution in [-0.4, -0.2) is 35.1 Å². The lowest BCUT2D eigenvalue weighted by Crippen LogP contribution is -2.39. The number of benzene rings is 1. The van der Waals surface area contributed by atoms with Gasteiger partial charge in [0.25, 0.3) is 0 Å². The number of nitrogens with zero attached hydrogens (tertiary/aromatic N) is 1. The standard InChI is InChI=1S/C17H22BrNO2/c1-13-6-7-14(16(18)12-13)8-9-17(21)19(10-11-20)15-4-2-3-5-15/h6-9,12,15,20H,2-5,10-11H2,1H3. The zero-order chi connectivity index (χ0) is 15.2. The molecule has 0 aliphatic heterocycles. The highest BCUT2D eigenvalue weighted by molar-refractivity contribution is 9.10. The van der Waals surface area contributed by atoms with Gasteiger partial charge in [-0.15, -0.1) is 0 Å². The molecule has 1 amide bonds. The van der Waals surface area contributed by atoms with E-state index < -0.39 is 0 Å². The fourth-order valence-corrected chi connectivity index (χ4v) is 3.45. The molecular formula is C17H22BrNO2. The summed E-state index contributed by atoms with van der Waals surface area (Å²) in [6, 6.07) is 6.34. The molecule has 0 spiro atoms. The number of aliphatic hydroxyl groups is 1. The first-order valence-electron chi connectivity index (χ1n) is 7.47. The van der Waals surface area contributed by atoms with Crippen LogP contribution in [0.15, 0.2) is 28.7 Å². The number of aryl methyl sites for hydroxylation is 1. The molecule has 1 aliphatic carbocycles. The van der Waals surface area contributed by atoms with Crippen molar-refractivity contribution in [1.29, 1.82) is 0 Å². The number of carbonyl (C=O) groups excluding carboxylic acids is 1. The van der Waals surface area contributed by atoms with Gasteiger partial charge in [0.2, 0.25) is 5.91 Å². The molecule has 0 unspecified atom stereocenters. The van der Waals surface area contributed by atoms with Crippen molar-refractivity contribution in [3.8, 4) is 0 Å². The van der Waals surface area contributed by atoms with Gasteiger partial charge in [-0.25, -0.2) is 0 Å². The molecular weight excluding hydrogens is 330 g/mol. The second-order valence-corrected chi connectivity index (χ2v) is 6.41. The topological polar surface area (TPSA) is 40.5 Å². The Bertz CT molecular complexity index is 522. The van der Waals surface area contributed by atoms with Crippen molar-refractivity contribution in [2.75, 3.05) is 13.2 Å². The van der Waals surface area contributed by atoms with E-state index in [0.717, 1.165) is 22.9 Å². The Kier molecular flexibility index (Phi) is 6.00. The highest BCUT2D eigenvalue weighted by atomic mass is 79.9. The Hall–Kier alpha value is -1.13. The van der Waals surface area contributed by atoms with E-state index in [-0.39, 0.29) is 18.6 Å². The van der Waals surface area contributed by atoms with Gasteiger partial charge in [-0.3, -0.25) is 4.79 Å². The summed E-state index contributed by atoms with van der Waals surface area (Å²) in [7, 11) is 0. The minimum atomic E-state index is -0.0107. The van der Waals surface area contributed by atoms with Crippen LogP contribution in [0.2, 0.25) is 0 Å². The van der Waals surface area contributed by atoms with Crippen LogP contribution in [0, 0.1) is 6.92 Å². The van der Waals surface area contributed by atoms with Crippen LogP contribution in [0.1, 0.15) is 36.8 Å². The molecule has 21 heavy (non-hydrogen) atoms. The molecule has 4 heteroatoms. The van der Waals surface area contributed by atoms with Crippen molar-refractivity contribution < 1.29 is 9.90 Å². The summed E-state index contributed by atoms with van der Waals surface area (Å²) in [6.07, 6.45) is 7.90. The molecule has 0 radical (unpaired) electrons. The number of hydrogen-bond acceptors (Lipinski definition) is 2. The Morgan fingerprint density at radius 1 is 1.43 bits per heavy atom. The molecule has 1 aromatic rings. The Morgan fingerprint density at radius 2 is 2.14 bits per heavy atom. The van der Waals surface area contributed by atoms with E-state index >= 15 is 0 Å². The summed E-state index contributed by atoms with van der Waals surface area (Å²) in [5.74, 6) is -0.0107. The van der Waals surface area contributed by atoms with Crippen LogP contribution in [0.3, 0.4) is 0 Å². The van der Waals surface area contributed by atoms with Crippen LogP contribution in [0.4, 0.5) is 0 Å². The highest BCUT2D eigenvalue weighted by Gasteiger charge is 2.24. The van der Waals surface area contributed by atoms with E-state index in [1.807, 2.05) is 36.1 Å². The third kappa shape index (κ3) is 4.42.